The number of hydrogen-bond donors (Lipinski definition) is 0. The first kappa shape index (κ1) is 11.7. The first-order valence-corrected chi connectivity index (χ1v) is 7.33. The van der Waals surface area contributed by atoms with Gasteiger partial charge in [-0.25, -0.2) is 0 Å². The summed E-state index contributed by atoms with van der Waals surface area (Å²) in [5.74, 6) is 1.14. The largest absolute Gasteiger partial charge is 0.293 e. The zero-order chi connectivity index (χ0) is 11.8. The molecule has 0 N–H and O–H groups in total. The molecule has 3 rings (SSSR count). The Hall–Kier alpha value is -0.420. The zero-order valence-corrected chi connectivity index (χ0v) is 11.9. The highest BCUT2D eigenvalue weighted by molar-refractivity contribution is 14.1. The van der Waals surface area contributed by atoms with Crippen LogP contribution in [0.25, 0.3) is 0 Å². The van der Waals surface area contributed by atoms with E-state index in [1.807, 2.05) is 24.3 Å². The van der Waals surface area contributed by atoms with Gasteiger partial charge < -0.3 is 0 Å². The van der Waals surface area contributed by atoms with Gasteiger partial charge in [0.1, 0.15) is 0 Å². The van der Waals surface area contributed by atoms with Crippen molar-refractivity contribution in [2.75, 3.05) is 13.1 Å². The molecule has 0 radical (unpaired) electrons. The van der Waals surface area contributed by atoms with Crippen molar-refractivity contribution in [2.45, 2.75) is 25.3 Å². The van der Waals surface area contributed by atoms with Gasteiger partial charge in [0.2, 0.25) is 0 Å². The Bertz CT molecular complexity index is 428. The molecule has 1 aromatic carbocycles. The third-order valence-corrected chi connectivity index (χ3v) is 4.75. The Kier molecular flexibility index (Phi) is 3.21. The number of fused-ring (bicyclic) bond motifs is 2. The summed E-state index contributed by atoms with van der Waals surface area (Å²) in [5.41, 5.74) is 0.855. The lowest BCUT2D eigenvalue weighted by Crippen LogP contribution is -2.36. The molecule has 2 atom stereocenters. The normalized spacial score (nSPS) is 27.6. The highest BCUT2D eigenvalue weighted by Gasteiger charge is 2.38. The van der Waals surface area contributed by atoms with Gasteiger partial charge in [0.05, 0.1) is 6.54 Å². The van der Waals surface area contributed by atoms with Crippen molar-refractivity contribution in [3.05, 3.63) is 33.4 Å². The molecule has 17 heavy (non-hydrogen) atoms. The SMILES string of the molecule is O=C(CN1CC2CCC1C2)c1ccc(I)cc1. The molecule has 2 fully saturated rings. The Morgan fingerprint density at radius 1 is 1.29 bits per heavy atom. The maximum absolute atomic E-state index is 12.1. The first-order chi connectivity index (χ1) is 8.22. The van der Waals surface area contributed by atoms with Crippen molar-refractivity contribution in [1.29, 1.82) is 0 Å². The molecule has 90 valence electrons. The van der Waals surface area contributed by atoms with E-state index in [4.69, 9.17) is 0 Å². The van der Waals surface area contributed by atoms with Gasteiger partial charge in [-0.15, -0.1) is 0 Å². The van der Waals surface area contributed by atoms with Crippen molar-refractivity contribution in [3.63, 3.8) is 0 Å². The van der Waals surface area contributed by atoms with Crippen molar-refractivity contribution in [2.24, 2.45) is 5.92 Å². The molecule has 2 unspecified atom stereocenters. The van der Waals surface area contributed by atoms with Crippen LogP contribution in [0.15, 0.2) is 24.3 Å². The van der Waals surface area contributed by atoms with E-state index in [-0.39, 0.29) is 5.78 Å². The van der Waals surface area contributed by atoms with E-state index in [0.29, 0.717) is 12.6 Å². The third-order valence-electron chi connectivity index (χ3n) is 4.04. The summed E-state index contributed by atoms with van der Waals surface area (Å²) in [6.07, 6.45) is 3.99. The van der Waals surface area contributed by atoms with Gasteiger partial charge in [-0.1, -0.05) is 12.1 Å². The van der Waals surface area contributed by atoms with Gasteiger partial charge in [-0.05, 0) is 59.9 Å². The van der Waals surface area contributed by atoms with E-state index in [2.05, 4.69) is 27.5 Å². The number of Topliss-reactive ketones (excluding diaryl/α,β-unsaturated/α-hetero) is 1. The average Bonchev–Trinajstić information content (AvgIpc) is 2.91. The van der Waals surface area contributed by atoms with Crippen LogP contribution in [0.3, 0.4) is 0 Å². The topological polar surface area (TPSA) is 20.3 Å². The van der Waals surface area contributed by atoms with Crippen molar-refractivity contribution in [3.8, 4) is 0 Å². The first-order valence-electron chi connectivity index (χ1n) is 6.25. The quantitative estimate of drug-likeness (QED) is 0.622. The summed E-state index contributed by atoms with van der Waals surface area (Å²) in [4.78, 5) is 14.5. The Morgan fingerprint density at radius 3 is 2.65 bits per heavy atom. The van der Waals surface area contributed by atoms with Crippen LogP contribution in [-0.4, -0.2) is 29.8 Å². The molecule has 0 spiro atoms. The summed E-state index contributed by atoms with van der Waals surface area (Å²) in [6.45, 7) is 1.75. The van der Waals surface area contributed by atoms with Crippen molar-refractivity contribution in [1.82, 2.24) is 4.90 Å². The molecule has 0 amide bonds. The molecule has 1 saturated carbocycles. The average molecular weight is 341 g/mol. The van der Waals surface area contributed by atoms with Crippen molar-refractivity contribution >= 4 is 28.4 Å². The highest BCUT2D eigenvalue weighted by Crippen LogP contribution is 2.37. The van der Waals surface area contributed by atoms with Gasteiger partial charge in [0.25, 0.3) is 0 Å². The lowest BCUT2D eigenvalue weighted by atomic mass is 10.1. The molecule has 2 bridgehead atoms. The molecule has 1 aliphatic carbocycles. The smallest absolute Gasteiger partial charge is 0.176 e. The predicted molar refractivity (Wildman–Crippen MR) is 76.2 cm³/mol. The molecule has 2 aliphatic rings. The Morgan fingerprint density at radius 2 is 2.06 bits per heavy atom. The van der Waals surface area contributed by atoms with E-state index >= 15 is 0 Å². The number of hydrogen-bond acceptors (Lipinski definition) is 2. The summed E-state index contributed by atoms with van der Waals surface area (Å²) < 4.78 is 1.18. The van der Waals surface area contributed by atoms with Crippen LogP contribution in [0, 0.1) is 9.49 Å². The van der Waals surface area contributed by atoms with Gasteiger partial charge >= 0.3 is 0 Å². The monoisotopic (exact) mass is 341 g/mol. The predicted octanol–water partition coefficient (Wildman–Crippen LogP) is 2.96. The number of likely N-dealkylation sites (tertiary alicyclic amines) is 1. The maximum Gasteiger partial charge on any atom is 0.176 e. The van der Waals surface area contributed by atoms with E-state index in [9.17, 15) is 4.79 Å². The van der Waals surface area contributed by atoms with Crippen LogP contribution in [0.2, 0.25) is 0 Å². The second-order valence-electron chi connectivity index (χ2n) is 5.19. The second kappa shape index (κ2) is 4.69. The number of piperidine rings is 1. The molecule has 1 heterocycles. The third kappa shape index (κ3) is 2.40. The second-order valence-corrected chi connectivity index (χ2v) is 6.44. The Balaban J connectivity index is 1.65. The minimum atomic E-state index is 0.272. The summed E-state index contributed by atoms with van der Waals surface area (Å²) in [6, 6.07) is 8.58. The summed E-state index contributed by atoms with van der Waals surface area (Å²) >= 11 is 2.26. The van der Waals surface area contributed by atoms with Gasteiger partial charge in [-0.3, -0.25) is 9.69 Å². The van der Waals surface area contributed by atoms with E-state index in [0.717, 1.165) is 18.0 Å². The molecule has 3 heteroatoms. The number of nitrogens with zero attached hydrogens (tertiary/aromatic N) is 1. The van der Waals surface area contributed by atoms with Crippen LogP contribution in [0.1, 0.15) is 29.6 Å². The van der Waals surface area contributed by atoms with Gasteiger partial charge in [-0.2, -0.15) is 0 Å². The van der Waals surface area contributed by atoms with E-state index in [1.54, 1.807) is 0 Å². The minimum absolute atomic E-state index is 0.272. The zero-order valence-electron chi connectivity index (χ0n) is 9.73. The lowest BCUT2D eigenvalue weighted by Gasteiger charge is -2.25. The molecular weight excluding hydrogens is 325 g/mol. The molecule has 1 saturated heterocycles. The van der Waals surface area contributed by atoms with E-state index in [1.165, 1.54) is 22.8 Å². The number of carbonyl (C=O) groups is 1. The summed E-state index contributed by atoms with van der Waals surface area (Å²) in [7, 11) is 0. The van der Waals surface area contributed by atoms with Crippen LogP contribution in [0.4, 0.5) is 0 Å². The fourth-order valence-electron chi connectivity index (χ4n) is 3.13. The molecule has 1 aromatic rings. The van der Waals surface area contributed by atoms with Crippen LogP contribution < -0.4 is 0 Å². The number of ketones is 1. The van der Waals surface area contributed by atoms with Crippen LogP contribution >= 0.6 is 22.6 Å². The number of carbonyl (C=O) groups excluding carboxylic acids is 1. The number of rotatable bonds is 3. The van der Waals surface area contributed by atoms with Crippen LogP contribution in [-0.2, 0) is 0 Å². The molecular formula is C14H16INO. The summed E-state index contributed by atoms with van der Waals surface area (Å²) in [5, 5.41) is 0. The standard InChI is InChI=1S/C14H16INO/c15-12-4-2-11(3-5-12)14(17)9-16-8-10-1-6-13(16)7-10/h2-5,10,13H,1,6-9H2. The van der Waals surface area contributed by atoms with Crippen LogP contribution in [0.5, 0.6) is 0 Å². The van der Waals surface area contributed by atoms with E-state index < -0.39 is 0 Å². The van der Waals surface area contributed by atoms with Crippen molar-refractivity contribution < 1.29 is 4.79 Å². The fraction of sp³-hybridized carbons (Fsp3) is 0.500. The Labute approximate surface area is 116 Å². The number of halogens is 1. The maximum atomic E-state index is 12.1. The molecule has 0 aromatic heterocycles. The minimum Gasteiger partial charge on any atom is -0.293 e. The number of benzene rings is 1. The lowest BCUT2D eigenvalue weighted by molar-refractivity contribution is 0.0905. The fourth-order valence-corrected chi connectivity index (χ4v) is 3.49. The van der Waals surface area contributed by atoms with Gasteiger partial charge in [0, 0.05) is 21.7 Å². The highest BCUT2D eigenvalue weighted by atomic mass is 127. The molecule has 2 nitrogen and oxygen atoms in total. The molecule has 1 aliphatic heterocycles. The van der Waals surface area contributed by atoms with Gasteiger partial charge in [0.15, 0.2) is 5.78 Å².